The zero-order chi connectivity index (χ0) is 16.4. The van der Waals surface area contributed by atoms with E-state index in [0.29, 0.717) is 5.75 Å². The summed E-state index contributed by atoms with van der Waals surface area (Å²) in [5.74, 6) is -1.14. The van der Waals surface area contributed by atoms with E-state index in [0.717, 1.165) is 17.8 Å². The number of nitrogens with zero attached hydrogens (tertiary/aromatic N) is 2. The van der Waals surface area contributed by atoms with Gasteiger partial charge in [0.1, 0.15) is 11.6 Å². The Labute approximate surface area is 130 Å². The summed E-state index contributed by atoms with van der Waals surface area (Å²) in [6.45, 7) is 0.176. The molecule has 2 heterocycles. The lowest BCUT2D eigenvalue weighted by molar-refractivity contribution is 0.0705. The lowest BCUT2D eigenvalue weighted by Crippen LogP contribution is -2.36. The average molecular weight is 317 g/mol. The molecule has 0 spiro atoms. The van der Waals surface area contributed by atoms with Gasteiger partial charge in [-0.3, -0.25) is 19.9 Å². The number of benzene rings is 1. The van der Waals surface area contributed by atoms with Crippen LogP contribution < -0.4 is 10.2 Å². The monoisotopic (exact) mass is 317 g/mol. The fraction of sp³-hybridized carbons (Fsp3) is 0.133. The number of hydrogen-bond acceptors (Lipinski definition) is 5. The molecule has 23 heavy (non-hydrogen) atoms. The zero-order valence-corrected chi connectivity index (χ0v) is 11.8. The number of hydroxylamine groups is 1. The summed E-state index contributed by atoms with van der Waals surface area (Å²) in [6.07, 6.45) is 0.523. The normalized spacial score (nSPS) is 13.3. The zero-order valence-electron chi connectivity index (χ0n) is 11.8. The van der Waals surface area contributed by atoms with Crippen molar-refractivity contribution in [1.29, 1.82) is 0 Å². The molecule has 0 radical (unpaired) electrons. The molecular formula is C15H12FN3O4. The summed E-state index contributed by atoms with van der Waals surface area (Å²) in [6, 6.07) is 8.02. The van der Waals surface area contributed by atoms with Crippen molar-refractivity contribution in [2.45, 2.75) is 13.1 Å². The molecule has 0 saturated heterocycles. The highest BCUT2D eigenvalue weighted by Gasteiger charge is 2.26. The van der Waals surface area contributed by atoms with Crippen molar-refractivity contribution in [3.8, 4) is 5.75 Å². The van der Waals surface area contributed by atoms with Gasteiger partial charge in [-0.15, -0.1) is 0 Å². The molecule has 0 aliphatic carbocycles. The maximum Gasteiger partial charge on any atom is 0.415 e. The Morgan fingerprint density at radius 2 is 2.22 bits per heavy atom. The largest absolute Gasteiger partial charge is 0.415 e. The fourth-order valence-electron chi connectivity index (χ4n) is 2.24. The molecule has 3 rings (SSSR count). The van der Waals surface area contributed by atoms with Crippen molar-refractivity contribution in [2.24, 2.45) is 0 Å². The second-order valence-corrected chi connectivity index (χ2v) is 4.93. The van der Waals surface area contributed by atoms with Crippen molar-refractivity contribution in [3.05, 3.63) is 59.2 Å². The van der Waals surface area contributed by atoms with Crippen LogP contribution in [0.1, 0.15) is 21.6 Å². The van der Waals surface area contributed by atoms with Gasteiger partial charge in [0.2, 0.25) is 0 Å². The molecule has 0 atom stereocenters. The number of carbonyl (C=O) groups is 2. The molecule has 0 fully saturated rings. The van der Waals surface area contributed by atoms with E-state index >= 15 is 0 Å². The maximum absolute atomic E-state index is 14.0. The number of ether oxygens (including phenoxy) is 1. The predicted molar refractivity (Wildman–Crippen MR) is 75.2 cm³/mol. The number of carbonyl (C=O) groups excluding carboxylic acids is 2. The van der Waals surface area contributed by atoms with E-state index in [1.165, 1.54) is 10.4 Å². The number of rotatable bonds is 3. The van der Waals surface area contributed by atoms with Crippen molar-refractivity contribution in [1.82, 2.24) is 15.4 Å². The average Bonchev–Trinajstić information content (AvgIpc) is 2.56. The van der Waals surface area contributed by atoms with Crippen molar-refractivity contribution in [3.63, 3.8) is 0 Å². The van der Waals surface area contributed by atoms with Crippen molar-refractivity contribution >= 4 is 12.0 Å². The van der Waals surface area contributed by atoms with Crippen LogP contribution in [0.15, 0.2) is 36.5 Å². The molecule has 8 heteroatoms. The standard InChI is InChI=1S/C15H12FN3O4/c16-11-5-10(14(20)18-22)6-17-12(11)8-19-7-9-3-1-2-4-13(9)23-15(19)21/h1-6,22H,7-8H2,(H,18,20). The number of pyridine rings is 1. The molecule has 0 unspecified atom stereocenters. The fourth-order valence-corrected chi connectivity index (χ4v) is 2.24. The van der Waals surface area contributed by atoms with E-state index < -0.39 is 17.8 Å². The highest BCUT2D eigenvalue weighted by Crippen LogP contribution is 2.26. The van der Waals surface area contributed by atoms with Gasteiger partial charge in [0.15, 0.2) is 0 Å². The van der Waals surface area contributed by atoms with Gasteiger partial charge in [0, 0.05) is 11.8 Å². The van der Waals surface area contributed by atoms with Crippen LogP contribution in [0.5, 0.6) is 5.75 Å². The number of nitrogens with one attached hydrogen (secondary N) is 1. The first-order chi connectivity index (χ1) is 11.1. The van der Waals surface area contributed by atoms with E-state index in [4.69, 9.17) is 9.94 Å². The molecule has 0 saturated carbocycles. The molecule has 2 aromatic rings. The highest BCUT2D eigenvalue weighted by molar-refractivity contribution is 5.93. The third-order valence-corrected chi connectivity index (χ3v) is 3.41. The number of amides is 2. The van der Waals surface area contributed by atoms with Crippen LogP contribution in [-0.2, 0) is 13.1 Å². The second-order valence-electron chi connectivity index (χ2n) is 4.93. The van der Waals surface area contributed by atoms with Gasteiger partial charge in [-0.1, -0.05) is 18.2 Å². The number of hydrogen-bond donors (Lipinski definition) is 2. The number of para-hydroxylation sites is 1. The van der Waals surface area contributed by atoms with Crippen LogP contribution in [0.3, 0.4) is 0 Å². The van der Waals surface area contributed by atoms with E-state index in [1.54, 1.807) is 12.1 Å². The molecular weight excluding hydrogens is 305 g/mol. The summed E-state index contributed by atoms with van der Waals surface area (Å²) in [7, 11) is 0. The topological polar surface area (TPSA) is 91.8 Å². The van der Waals surface area contributed by atoms with E-state index in [2.05, 4.69) is 4.98 Å². The van der Waals surface area contributed by atoms with Crippen molar-refractivity contribution < 1.29 is 23.9 Å². The first kappa shape index (κ1) is 14.9. The van der Waals surface area contributed by atoms with Crippen molar-refractivity contribution in [2.75, 3.05) is 0 Å². The second kappa shape index (κ2) is 6.01. The lowest BCUT2D eigenvalue weighted by Gasteiger charge is -2.27. The summed E-state index contributed by atoms with van der Waals surface area (Å²) in [4.78, 5) is 28.3. The first-order valence-corrected chi connectivity index (χ1v) is 6.72. The number of fused-ring (bicyclic) bond motifs is 1. The van der Waals surface area contributed by atoms with Gasteiger partial charge in [0.25, 0.3) is 5.91 Å². The van der Waals surface area contributed by atoms with Crippen LogP contribution in [0.25, 0.3) is 0 Å². The summed E-state index contributed by atoms with van der Waals surface area (Å²) >= 11 is 0. The lowest BCUT2D eigenvalue weighted by atomic mass is 10.1. The molecule has 2 amide bonds. The minimum atomic E-state index is -0.866. The molecule has 1 aliphatic heterocycles. The number of aromatic nitrogens is 1. The van der Waals surface area contributed by atoms with Gasteiger partial charge < -0.3 is 4.74 Å². The molecule has 7 nitrogen and oxygen atoms in total. The molecule has 0 bridgehead atoms. The van der Waals surface area contributed by atoms with E-state index in [9.17, 15) is 14.0 Å². The molecule has 1 aliphatic rings. The SMILES string of the molecule is O=C(NO)c1cnc(CN2Cc3ccccc3OC2=O)c(F)c1. The van der Waals surface area contributed by atoms with Crippen LogP contribution in [-0.4, -0.2) is 27.1 Å². The third kappa shape index (κ3) is 2.97. The number of halogens is 1. The predicted octanol–water partition coefficient (Wildman–Crippen LogP) is 1.85. The van der Waals surface area contributed by atoms with Gasteiger partial charge in [0.05, 0.1) is 24.3 Å². The van der Waals surface area contributed by atoms with E-state index in [-0.39, 0.29) is 24.3 Å². The maximum atomic E-state index is 14.0. The van der Waals surface area contributed by atoms with Gasteiger partial charge in [-0.2, -0.15) is 0 Å². The Balaban J connectivity index is 1.80. The smallest absolute Gasteiger partial charge is 0.410 e. The van der Waals surface area contributed by atoms with Gasteiger partial charge in [-0.05, 0) is 12.1 Å². The Morgan fingerprint density at radius 1 is 1.43 bits per heavy atom. The van der Waals surface area contributed by atoms with Crippen LogP contribution in [0, 0.1) is 5.82 Å². The van der Waals surface area contributed by atoms with Crippen LogP contribution >= 0.6 is 0 Å². The summed E-state index contributed by atoms with van der Waals surface area (Å²) < 4.78 is 19.2. The Bertz CT molecular complexity index is 781. The molecule has 118 valence electrons. The molecule has 1 aromatic carbocycles. The summed E-state index contributed by atoms with van der Waals surface area (Å²) in [5, 5.41) is 8.52. The van der Waals surface area contributed by atoms with E-state index in [1.807, 2.05) is 12.1 Å². The van der Waals surface area contributed by atoms with Crippen LogP contribution in [0.2, 0.25) is 0 Å². The minimum Gasteiger partial charge on any atom is -0.410 e. The Morgan fingerprint density at radius 3 is 2.96 bits per heavy atom. The van der Waals surface area contributed by atoms with Gasteiger partial charge >= 0.3 is 6.09 Å². The summed E-state index contributed by atoms with van der Waals surface area (Å²) in [5.41, 5.74) is 2.08. The minimum absolute atomic E-state index is 0.00387. The molecule has 2 N–H and O–H groups in total. The Kier molecular flexibility index (Phi) is 3.90. The highest BCUT2D eigenvalue weighted by atomic mass is 19.1. The Hall–Kier alpha value is -3.00. The third-order valence-electron chi connectivity index (χ3n) is 3.41. The van der Waals surface area contributed by atoms with Gasteiger partial charge in [-0.25, -0.2) is 14.7 Å². The molecule has 1 aromatic heterocycles. The first-order valence-electron chi connectivity index (χ1n) is 6.72. The van der Waals surface area contributed by atoms with Crippen LogP contribution in [0.4, 0.5) is 9.18 Å². The quantitative estimate of drug-likeness (QED) is 0.666.